The molecular weight excluding hydrogens is 314 g/mol. The predicted molar refractivity (Wildman–Crippen MR) is 75.5 cm³/mol. The van der Waals surface area contributed by atoms with Gasteiger partial charge in [0, 0.05) is 6.20 Å². The lowest BCUT2D eigenvalue weighted by molar-refractivity contribution is -0.141. The Bertz CT molecular complexity index is 625. The topological polar surface area (TPSA) is 128 Å². The standard InChI is InChI=1S/C12H19N3O6S/c1-3-4-5-10(12(17)18)14-22(19,20)9-6-13-15(7-9)8-11(16)21-2/h6-7,10,14H,3-5,8H2,1-2H3,(H,17,18)/t10-/m0/s1. The second-order valence-corrected chi connectivity index (χ2v) is 6.32. The molecule has 0 radical (unpaired) electrons. The molecule has 1 rings (SSSR count). The van der Waals surface area contributed by atoms with Gasteiger partial charge < -0.3 is 9.84 Å². The number of carboxylic acids is 1. The molecule has 0 aromatic carbocycles. The third kappa shape index (κ3) is 5.11. The van der Waals surface area contributed by atoms with Crippen LogP contribution in [0.2, 0.25) is 0 Å². The van der Waals surface area contributed by atoms with Gasteiger partial charge >= 0.3 is 11.9 Å². The van der Waals surface area contributed by atoms with Gasteiger partial charge in [-0.15, -0.1) is 0 Å². The lowest BCUT2D eigenvalue weighted by Crippen LogP contribution is -2.40. The van der Waals surface area contributed by atoms with Crippen LogP contribution in [-0.4, -0.2) is 48.4 Å². The number of carbonyl (C=O) groups excluding carboxylic acids is 1. The van der Waals surface area contributed by atoms with Gasteiger partial charge in [0.25, 0.3) is 0 Å². The maximum absolute atomic E-state index is 12.1. The first kappa shape index (κ1) is 18.1. The molecule has 0 saturated heterocycles. The van der Waals surface area contributed by atoms with Gasteiger partial charge in [-0.1, -0.05) is 19.8 Å². The molecule has 0 amide bonds. The Labute approximate surface area is 128 Å². The number of hydrogen-bond acceptors (Lipinski definition) is 6. The monoisotopic (exact) mass is 333 g/mol. The number of rotatable bonds is 9. The maximum atomic E-state index is 12.1. The summed E-state index contributed by atoms with van der Waals surface area (Å²) in [6, 6.07) is -1.20. The van der Waals surface area contributed by atoms with E-state index in [2.05, 4.69) is 14.6 Å². The van der Waals surface area contributed by atoms with Crippen molar-refractivity contribution in [3.63, 3.8) is 0 Å². The Morgan fingerprint density at radius 2 is 2.18 bits per heavy atom. The third-order valence-corrected chi connectivity index (χ3v) is 4.31. The molecule has 1 atom stereocenters. The highest BCUT2D eigenvalue weighted by Crippen LogP contribution is 2.10. The summed E-state index contributed by atoms with van der Waals surface area (Å²) in [6.45, 7) is 1.65. The zero-order chi connectivity index (χ0) is 16.8. The largest absolute Gasteiger partial charge is 0.480 e. The Hall–Kier alpha value is -1.94. The highest BCUT2D eigenvalue weighted by molar-refractivity contribution is 7.89. The second-order valence-electron chi connectivity index (χ2n) is 4.60. The maximum Gasteiger partial charge on any atom is 0.327 e. The molecule has 0 unspecified atom stereocenters. The highest BCUT2D eigenvalue weighted by Gasteiger charge is 2.26. The van der Waals surface area contributed by atoms with E-state index in [1.807, 2.05) is 6.92 Å². The first-order chi connectivity index (χ1) is 10.3. The molecule has 1 aromatic heterocycles. The Morgan fingerprint density at radius 1 is 1.50 bits per heavy atom. The molecule has 0 spiro atoms. The number of methoxy groups -OCH3 is 1. The minimum Gasteiger partial charge on any atom is -0.480 e. The quantitative estimate of drug-likeness (QED) is 0.608. The molecular formula is C12H19N3O6S. The van der Waals surface area contributed by atoms with Crippen LogP contribution >= 0.6 is 0 Å². The fourth-order valence-corrected chi connectivity index (χ4v) is 2.84. The van der Waals surface area contributed by atoms with E-state index in [1.165, 1.54) is 7.11 Å². The minimum absolute atomic E-state index is 0.196. The van der Waals surface area contributed by atoms with Crippen molar-refractivity contribution < 1.29 is 27.9 Å². The van der Waals surface area contributed by atoms with Crippen molar-refractivity contribution in [2.75, 3.05) is 7.11 Å². The number of aromatic nitrogens is 2. The summed E-state index contributed by atoms with van der Waals surface area (Å²) in [4.78, 5) is 22.0. The molecule has 1 heterocycles. The van der Waals surface area contributed by atoms with Gasteiger partial charge in [0.2, 0.25) is 10.0 Å². The fraction of sp³-hybridized carbons (Fsp3) is 0.583. The van der Waals surface area contributed by atoms with Crippen molar-refractivity contribution >= 4 is 22.0 Å². The Balaban J connectivity index is 2.84. The van der Waals surface area contributed by atoms with Crippen molar-refractivity contribution in [1.82, 2.24) is 14.5 Å². The SMILES string of the molecule is CCCC[C@H](NS(=O)(=O)c1cnn(CC(=O)OC)c1)C(=O)O. The number of ether oxygens (including phenoxy) is 1. The molecule has 1 aromatic rings. The van der Waals surface area contributed by atoms with Crippen LogP contribution in [0, 0.1) is 0 Å². The van der Waals surface area contributed by atoms with Gasteiger partial charge in [0.1, 0.15) is 17.5 Å². The Kier molecular flexibility index (Phi) is 6.50. The van der Waals surface area contributed by atoms with Gasteiger partial charge in [0.05, 0.1) is 13.3 Å². The van der Waals surface area contributed by atoms with E-state index in [4.69, 9.17) is 5.11 Å². The van der Waals surface area contributed by atoms with Crippen LogP contribution < -0.4 is 4.72 Å². The molecule has 22 heavy (non-hydrogen) atoms. The summed E-state index contributed by atoms with van der Waals surface area (Å²) in [5.74, 6) is -1.81. The Morgan fingerprint density at radius 3 is 2.73 bits per heavy atom. The lowest BCUT2D eigenvalue weighted by Gasteiger charge is -2.13. The van der Waals surface area contributed by atoms with Crippen molar-refractivity contribution in [2.45, 2.75) is 43.7 Å². The van der Waals surface area contributed by atoms with E-state index < -0.39 is 28.0 Å². The molecule has 124 valence electrons. The summed E-state index contributed by atoms with van der Waals surface area (Å²) in [5.41, 5.74) is 0. The van der Waals surface area contributed by atoms with Crippen LogP contribution in [0.15, 0.2) is 17.3 Å². The number of aliphatic carboxylic acids is 1. The molecule has 0 aliphatic heterocycles. The second kappa shape index (κ2) is 7.90. The molecule has 0 aliphatic carbocycles. The smallest absolute Gasteiger partial charge is 0.327 e. The van der Waals surface area contributed by atoms with Gasteiger partial charge in [-0.05, 0) is 6.42 Å². The summed E-state index contributed by atoms with van der Waals surface area (Å²) in [7, 11) is -2.82. The minimum atomic E-state index is -4.02. The van der Waals surface area contributed by atoms with Crippen LogP contribution in [-0.2, 0) is 30.9 Å². The molecule has 0 saturated carbocycles. The zero-order valence-corrected chi connectivity index (χ0v) is 13.2. The first-order valence-electron chi connectivity index (χ1n) is 6.64. The molecule has 10 heteroatoms. The molecule has 0 fully saturated rings. The van der Waals surface area contributed by atoms with E-state index in [9.17, 15) is 18.0 Å². The van der Waals surface area contributed by atoms with Crippen molar-refractivity contribution in [2.24, 2.45) is 0 Å². The predicted octanol–water partition coefficient (Wildman–Crippen LogP) is -0.0222. The molecule has 0 aliphatic rings. The van der Waals surface area contributed by atoms with Gasteiger partial charge in [-0.25, -0.2) is 8.42 Å². The zero-order valence-electron chi connectivity index (χ0n) is 12.4. The van der Waals surface area contributed by atoms with E-state index in [-0.39, 0.29) is 17.9 Å². The fourth-order valence-electron chi connectivity index (χ4n) is 1.66. The number of hydrogen-bond donors (Lipinski definition) is 2. The average molecular weight is 333 g/mol. The first-order valence-corrected chi connectivity index (χ1v) is 8.13. The van der Waals surface area contributed by atoms with Crippen LogP contribution in [0.3, 0.4) is 0 Å². The number of sulfonamides is 1. The average Bonchev–Trinajstić information content (AvgIpc) is 2.92. The van der Waals surface area contributed by atoms with Gasteiger partial charge in [0.15, 0.2) is 0 Å². The molecule has 9 nitrogen and oxygen atoms in total. The van der Waals surface area contributed by atoms with Gasteiger partial charge in [-0.3, -0.25) is 14.3 Å². The van der Waals surface area contributed by atoms with Crippen LogP contribution in [0.4, 0.5) is 0 Å². The molecule has 0 bridgehead atoms. The van der Waals surface area contributed by atoms with E-state index in [0.717, 1.165) is 23.5 Å². The summed E-state index contributed by atoms with van der Waals surface area (Å²) in [6.07, 6.45) is 3.72. The highest BCUT2D eigenvalue weighted by atomic mass is 32.2. The van der Waals surface area contributed by atoms with Crippen molar-refractivity contribution in [3.05, 3.63) is 12.4 Å². The summed E-state index contributed by atoms with van der Waals surface area (Å²) >= 11 is 0. The van der Waals surface area contributed by atoms with Crippen LogP contribution in [0.5, 0.6) is 0 Å². The van der Waals surface area contributed by atoms with Gasteiger partial charge in [-0.2, -0.15) is 9.82 Å². The van der Waals surface area contributed by atoms with Crippen molar-refractivity contribution in [3.8, 4) is 0 Å². The summed E-state index contributed by atoms with van der Waals surface area (Å²) < 4.78 is 31.9. The number of esters is 1. The number of carboxylic acid groups (broad SMARTS) is 1. The summed E-state index contributed by atoms with van der Waals surface area (Å²) in [5, 5.41) is 12.8. The third-order valence-electron chi connectivity index (χ3n) is 2.88. The molecule has 2 N–H and O–H groups in total. The normalized spacial score (nSPS) is 12.8. The van der Waals surface area contributed by atoms with E-state index in [0.29, 0.717) is 6.42 Å². The number of carbonyl (C=O) groups is 2. The lowest BCUT2D eigenvalue weighted by atomic mass is 10.1. The van der Waals surface area contributed by atoms with E-state index in [1.54, 1.807) is 0 Å². The number of nitrogens with one attached hydrogen (secondary N) is 1. The number of nitrogens with zero attached hydrogens (tertiary/aromatic N) is 2. The van der Waals surface area contributed by atoms with Crippen LogP contribution in [0.25, 0.3) is 0 Å². The van der Waals surface area contributed by atoms with Crippen LogP contribution in [0.1, 0.15) is 26.2 Å². The van der Waals surface area contributed by atoms with E-state index >= 15 is 0 Å². The number of unbranched alkanes of at least 4 members (excludes halogenated alkanes) is 1. The van der Waals surface area contributed by atoms with Crippen molar-refractivity contribution in [1.29, 1.82) is 0 Å².